The van der Waals surface area contributed by atoms with Crippen molar-refractivity contribution < 1.29 is 37.3 Å². The number of amides is 1. The van der Waals surface area contributed by atoms with Gasteiger partial charge in [-0.2, -0.15) is 0 Å². The minimum absolute atomic E-state index is 0.0267. The maximum atomic E-state index is 13.6. The molecule has 0 aliphatic carbocycles. The van der Waals surface area contributed by atoms with Crippen molar-refractivity contribution in [3.63, 3.8) is 0 Å². The average Bonchev–Trinajstić information content (AvgIpc) is 3.46. The van der Waals surface area contributed by atoms with E-state index in [1.165, 1.54) is 180 Å². The van der Waals surface area contributed by atoms with Crippen LogP contribution in [0.25, 0.3) is 0 Å². The molecule has 0 saturated heterocycles. The Bertz CT molecular complexity index is 1740. The first-order chi connectivity index (χ1) is 40.4. The molecule has 0 radical (unpaired) electrons. The highest BCUT2D eigenvalue weighted by atomic mass is 31.2. The largest absolute Gasteiger partial charge is 0.472 e. The summed E-state index contributed by atoms with van der Waals surface area (Å²) in [5.41, 5.74) is 0. The van der Waals surface area contributed by atoms with Gasteiger partial charge in [0.05, 0.1) is 33.8 Å². The normalized spacial score (nSPS) is 14.2. The summed E-state index contributed by atoms with van der Waals surface area (Å²) < 4.78 is 30.8. The zero-order valence-corrected chi connectivity index (χ0v) is 55.8. The van der Waals surface area contributed by atoms with Crippen molar-refractivity contribution in [2.24, 2.45) is 0 Å². The number of hydrogen-bond donors (Lipinski definition) is 2. The molecule has 0 heterocycles. The zero-order chi connectivity index (χ0) is 60.7. The van der Waals surface area contributed by atoms with E-state index in [0.29, 0.717) is 17.4 Å². The summed E-state index contributed by atoms with van der Waals surface area (Å²) in [5.74, 6) is -0.568. The third-order valence-electron chi connectivity index (χ3n) is 15.0. The van der Waals surface area contributed by atoms with Gasteiger partial charge in [-0.1, -0.05) is 285 Å². The van der Waals surface area contributed by atoms with Crippen molar-refractivity contribution >= 4 is 19.7 Å². The lowest BCUT2D eigenvalue weighted by Crippen LogP contribution is -2.47. The summed E-state index contributed by atoms with van der Waals surface area (Å²) in [5, 5.41) is 3.03. The second-order valence-corrected chi connectivity index (χ2v) is 25.8. The van der Waals surface area contributed by atoms with Crippen LogP contribution >= 0.6 is 7.82 Å². The standard InChI is InChI=1S/C73H131N2O7P/c1-7-10-13-16-19-22-25-28-30-32-33-34-35-36-37-38-39-40-41-43-45-48-51-54-57-60-63-66-73(77)82-71(64-61-58-55-52-49-46-27-24-21-18-15-12-9-3)70(69-81-83(78,79)80-68-67-75(4,5)6)74-72(76)65-62-59-56-53-50-47-44-42-31-29-26-23-20-17-14-11-8-2/h11,14,19-20,22-23,28-31,44,47,53,56,61,64,70-71H,7-10,12-13,15-18,21,24-27,32-43,45-46,48-52,54-55,57-60,62-63,65-69H2,1-6H3,(H-,74,76,78,79)/p+1/b14-11-,22-19-,23-20-,30-28-,31-29-,47-44-,56-53-,64-61-. The van der Waals surface area contributed by atoms with Gasteiger partial charge in [-0.15, -0.1) is 0 Å². The van der Waals surface area contributed by atoms with Gasteiger partial charge in [0, 0.05) is 12.8 Å². The van der Waals surface area contributed by atoms with Crippen molar-refractivity contribution in [1.82, 2.24) is 5.32 Å². The highest BCUT2D eigenvalue weighted by molar-refractivity contribution is 7.47. The lowest BCUT2D eigenvalue weighted by Gasteiger charge is -2.27. The third kappa shape index (κ3) is 63.3. The van der Waals surface area contributed by atoms with E-state index in [-0.39, 0.29) is 37.9 Å². The van der Waals surface area contributed by atoms with Gasteiger partial charge in [-0.3, -0.25) is 18.6 Å². The Morgan fingerprint density at radius 2 is 0.783 bits per heavy atom. The molecule has 0 rings (SSSR count). The smallest absolute Gasteiger partial charge is 0.456 e. The Kier molecular flexibility index (Phi) is 59.7. The van der Waals surface area contributed by atoms with Crippen LogP contribution in [0.5, 0.6) is 0 Å². The molecule has 0 aromatic carbocycles. The fourth-order valence-corrected chi connectivity index (χ4v) is 10.4. The Hall–Kier alpha value is -3.07. The van der Waals surface area contributed by atoms with Crippen molar-refractivity contribution in [3.05, 3.63) is 97.2 Å². The second-order valence-electron chi connectivity index (χ2n) is 24.3. The van der Waals surface area contributed by atoms with Crippen LogP contribution in [-0.4, -0.2) is 74.3 Å². The molecule has 1 amide bonds. The number of nitrogens with one attached hydrogen (secondary N) is 1. The van der Waals surface area contributed by atoms with Gasteiger partial charge in [0.15, 0.2) is 0 Å². The molecule has 10 heteroatoms. The fourth-order valence-electron chi connectivity index (χ4n) is 9.71. The van der Waals surface area contributed by atoms with Crippen LogP contribution in [0.2, 0.25) is 0 Å². The quantitative estimate of drug-likeness (QED) is 0.0205. The Labute approximate surface area is 513 Å². The molecule has 3 unspecified atom stereocenters. The van der Waals surface area contributed by atoms with E-state index in [1.54, 1.807) is 0 Å². The van der Waals surface area contributed by atoms with Crippen LogP contribution in [0.3, 0.4) is 0 Å². The maximum Gasteiger partial charge on any atom is 0.472 e. The van der Waals surface area contributed by atoms with Gasteiger partial charge in [-0.25, -0.2) is 4.57 Å². The summed E-state index contributed by atoms with van der Waals surface area (Å²) >= 11 is 0. The van der Waals surface area contributed by atoms with Gasteiger partial charge in [0.25, 0.3) is 0 Å². The van der Waals surface area contributed by atoms with Gasteiger partial charge in [-0.05, 0) is 102 Å². The van der Waals surface area contributed by atoms with Crippen molar-refractivity contribution in [3.8, 4) is 0 Å². The number of rotatable bonds is 62. The van der Waals surface area contributed by atoms with Crippen LogP contribution in [0.15, 0.2) is 97.2 Å². The lowest BCUT2D eigenvalue weighted by molar-refractivity contribution is -0.870. The predicted octanol–water partition coefficient (Wildman–Crippen LogP) is 21.9. The lowest BCUT2D eigenvalue weighted by atomic mass is 10.0. The number of likely N-dealkylation sites (N-methyl/N-ethyl adjacent to an activating group) is 1. The molecule has 0 aromatic heterocycles. The van der Waals surface area contributed by atoms with Crippen LogP contribution in [0.4, 0.5) is 0 Å². The summed E-state index contributed by atoms with van der Waals surface area (Å²) in [6.07, 6.45) is 84.3. The first kappa shape index (κ1) is 79.9. The number of quaternary nitrogens is 1. The Morgan fingerprint density at radius 3 is 1.20 bits per heavy atom. The molecular formula is C73H132N2O7P+. The Balaban J connectivity index is 5.12. The van der Waals surface area contributed by atoms with Crippen LogP contribution in [0.1, 0.15) is 303 Å². The summed E-state index contributed by atoms with van der Waals surface area (Å²) in [6, 6.07) is -0.883. The summed E-state index contributed by atoms with van der Waals surface area (Å²) in [4.78, 5) is 37.8. The van der Waals surface area contributed by atoms with Crippen LogP contribution in [-0.2, 0) is 27.9 Å². The molecule has 0 aromatic rings. The first-order valence-corrected chi connectivity index (χ1v) is 36.1. The Morgan fingerprint density at radius 1 is 0.434 bits per heavy atom. The minimum Gasteiger partial charge on any atom is -0.456 e. The van der Waals surface area contributed by atoms with Crippen LogP contribution < -0.4 is 5.32 Å². The number of carbonyl (C=O) groups is 2. The molecule has 0 spiro atoms. The van der Waals surface area contributed by atoms with Gasteiger partial charge in [0.2, 0.25) is 5.91 Å². The maximum absolute atomic E-state index is 13.6. The SMILES string of the molecule is CC/C=C\C/C=C\C/C=C\C/C=C\C/C=C\CCCC(=O)NC(COP(=O)(O)OCC[N+](C)(C)C)C(/C=C\CCCCCCCCCCCCC)OC(=O)CCCCCCCCCCCCCCCCCCC/C=C\C/C=C\CCCCC. The van der Waals surface area contributed by atoms with Gasteiger partial charge >= 0.3 is 13.8 Å². The molecule has 0 aliphatic heterocycles. The third-order valence-corrected chi connectivity index (χ3v) is 16.0. The minimum atomic E-state index is -4.47. The number of esters is 1. The van der Waals surface area contributed by atoms with E-state index in [2.05, 4.69) is 111 Å². The van der Waals surface area contributed by atoms with E-state index in [1.807, 2.05) is 33.3 Å². The van der Waals surface area contributed by atoms with Crippen molar-refractivity contribution in [2.45, 2.75) is 315 Å². The highest BCUT2D eigenvalue weighted by Crippen LogP contribution is 2.43. The molecule has 0 aliphatic rings. The molecular weight excluding hydrogens is 1050 g/mol. The number of nitrogens with zero attached hydrogens (tertiary/aromatic N) is 1. The van der Waals surface area contributed by atoms with Crippen molar-refractivity contribution in [1.29, 1.82) is 0 Å². The highest BCUT2D eigenvalue weighted by Gasteiger charge is 2.30. The second kappa shape index (κ2) is 62.0. The fraction of sp³-hybridized carbons (Fsp3) is 0.753. The molecule has 0 saturated carbocycles. The van der Waals surface area contributed by atoms with Gasteiger partial charge < -0.3 is 19.4 Å². The van der Waals surface area contributed by atoms with E-state index in [9.17, 15) is 19.0 Å². The first-order valence-electron chi connectivity index (χ1n) is 34.6. The molecule has 83 heavy (non-hydrogen) atoms. The number of carbonyl (C=O) groups excluding carboxylic acids is 2. The number of hydrogen-bond acceptors (Lipinski definition) is 6. The van der Waals surface area contributed by atoms with E-state index >= 15 is 0 Å². The van der Waals surface area contributed by atoms with Crippen LogP contribution in [0, 0.1) is 0 Å². The number of phosphoric ester groups is 1. The van der Waals surface area contributed by atoms with Crippen molar-refractivity contribution in [2.75, 3.05) is 40.9 Å². The molecule has 0 bridgehead atoms. The summed E-state index contributed by atoms with van der Waals surface area (Å²) in [7, 11) is 1.46. The molecule has 2 N–H and O–H groups in total. The molecule has 480 valence electrons. The molecule has 0 fully saturated rings. The zero-order valence-electron chi connectivity index (χ0n) is 54.9. The number of allylic oxidation sites excluding steroid dienone is 15. The predicted molar refractivity (Wildman–Crippen MR) is 360 cm³/mol. The monoisotopic (exact) mass is 1180 g/mol. The van der Waals surface area contributed by atoms with E-state index < -0.39 is 20.0 Å². The number of ether oxygens (including phenoxy) is 1. The average molecular weight is 1180 g/mol. The summed E-state index contributed by atoms with van der Waals surface area (Å²) in [6.45, 7) is 6.85. The van der Waals surface area contributed by atoms with E-state index in [0.717, 1.165) is 83.5 Å². The number of unbranched alkanes of at least 4 members (excludes halogenated alkanes) is 32. The topological polar surface area (TPSA) is 111 Å². The van der Waals surface area contributed by atoms with E-state index in [4.69, 9.17) is 13.8 Å². The number of phosphoric acid groups is 1. The molecule has 9 nitrogen and oxygen atoms in total. The van der Waals surface area contributed by atoms with Gasteiger partial charge in [0.1, 0.15) is 19.3 Å². The molecule has 3 atom stereocenters.